The van der Waals surface area contributed by atoms with Gasteiger partial charge >= 0.3 is 0 Å². The van der Waals surface area contributed by atoms with E-state index in [1.54, 1.807) is 0 Å². The van der Waals surface area contributed by atoms with E-state index in [0.29, 0.717) is 19.8 Å². The predicted molar refractivity (Wildman–Crippen MR) is 68.4 cm³/mol. The molecule has 0 bridgehead atoms. The summed E-state index contributed by atoms with van der Waals surface area (Å²) in [6.07, 6.45) is 2.53. The van der Waals surface area contributed by atoms with Gasteiger partial charge in [0.1, 0.15) is 0 Å². The lowest BCUT2D eigenvalue weighted by molar-refractivity contribution is -0.143. The fraction of sp³-hybridized carbons (Fsp3) is 0.923. The van der Waals surface area contributed by atoms with Crippen LogP contribution in [0, 0.1) is 0 Å². The van der Waals surface area contributed by atoms with Crippen molar-refractivity contribution in [2.75, 3.05) is 32.9 Å². The van der Waals surface area contributed by atoms with Crippen molar-refractivity contribution >= 4 is 5.91 Å². The van der Waals surface area contributed by atoms with E-state index in [1.165, 1.54) is 0 Å². The Morgan fingerprint density at radius 1 is 1.33 bits per heavy atom. The van der Waals surface area contributed by atoms with Gasteiger partial charge in [-0.05, 0) is 26.7 Å². The minimum absolute atomic E-state index is 0.163. The Balaban J connectivity index is 1.72. The molecule has 0 aromatic carbocycles. The average Bonchev–Trinajstić information content (AvgIpc) is 2.82. The van der Waals surface area contributed by atoms with Crippen LogP contribution in [0.5, 0.6) is 0 Å². The zero-order valence-corrected chi connectivity index (χ0v) is 11.4. The number of carbonyl (C=O) groups excluding carboxylic acids is 1. The first-order valence-electron chi connectivity index (χ1n) is 6.89. The molecule has 2 saturated heterocycles. The molecule has 0 aliphatic carbocycles. The highest BCUT2D eigenvalue weighted by Crippen LogP contribution is 2.13. The van der Waals surface area contributed by atoms with Gasteiger partial charge in [0.05, 0.1) is 37.9 Å². The van der Waals surface area contributed by atoms with E-state index in [9.17, 15) is 4.79 Å². The summed E-state index contributed by atoms with van der Waals surface area (Å²) in [6.45, 7) is 7.39. The van der Waals surface area contributed by atoms with Gasteiger partial charge in [-0.1, -0.05) is 0 Å². The first-order valence-corrected chi connectivity index (χ1v) is 6.89. The molecule has 5 nitrogen and oxygen atoms in total. The summed E-state index contributed by atoms with van der Waals surface area (Å²) < 4.78 is 10.9. The molecule has 3 atom stereocenters. The Bertz CT molecular complexity index is 269. The molecule has 0 saturated carbocycles. The molecular weight excluding hydrogens is 232 g/mol. The van der Waals surface area contributed by atoms with E-state index in [1.807, 2.05) is 18.7 Å². The first kappa shape index (κ1) is 13.8. The summed E-state index contributed by atoms with van der Waals surface area (Å²) in [5, 5.41) is 3.21. The van der Waals surface area contributed by atoms with Crippen LogP contribution in [0.3, 0.4) is 0 Å². The minimum atomic E-state index is 0.163. The lowest BCUT2D eigenvalue weighted by Gasteiger charge is -2.38. The van der Waals surface area contributed by atoms with Gasteiger partial charge in [0.2, 0.25) is 5.91 Å². The number of hydrogen-bond acceptors (Lipinski definition) is 4. The van der Waals surface area contributed by atoms with E-state index in [-0.39, 0.29) is 24.1 Å². The van der Waals surface area contributed by atoms with Crippen molar-refractivity contribution in [2.24, 2.45) is 0 Å². The Morgan fingerprint density at radius 2 is 2.06 bits per heavy atom. The van der Waals surface area contributed by atoms with Gasteiger partial charge in [-0.3, -0.25) is 4.79 Å². The summed E-state index contributed by atoms with van der Waals surface area (Å²) in [7, 11) is 0. The maximum Gasteiger partial charge on any atom is 0.237 e. The number of morpholine rings is 1. The zero-order chi connectivity index (χ0) is 13.0. The van der Waals surface area contributed by atoms with E-state index >= 15 is 0 Å². The van der Waals surface area contributed by atoms with Crippen molar-refractivity contribution in [3.8, 4) is 0 Å². The Kier molecular flexibility index (Phi) is 4.97. The maximum atomic E-state index is 12.2. The summed E-state index contributed by atoms with van der Waals surface area (Å²) in [6, 6.07) is 0.344. The number of amides is 1. The van der Waals surface area contributed by atoms with Crippen molar-refractivity contribution in [1.82, 2.24) is 10.2 Å². The van der Waals surface area contributed by atoms with E-state index in [0.717, 1.165) is 26.0 Å². The molecular formula is C13H24N2O3. The average molecular weight is 256 g/mol. The van der Waals surface area contributed by atoms with Crippen LogP contribution in [0.25, 0.3) is 0 Å². The van der Waals surface area contributed by atoms with Crippen LogP contribution < -0.4 is 5.32 Å². The van der Waals surface area contributed by atoms with Crippen LogP contribution >= 0.6 is 0 Å². The molecule has 104 valence electrons. The summed E-state index contributed by atoms with van der Waals surface area (Å²) in [5.74, 6) is 0.163. The number of rotatable bonds is 4. The van der Waals surface area contributed by atoms with Gasteiger partial charge in [0.25, 0.3) is 0 Å². The highest BCUT2D eigenvalue weighted by atomic mass is 16.5. The summed E-state index contributed by atoms with van der Waals surface area (Å²) in [4.78, 5) is 14.1. The smallest absolute Gasteiger partial charge is 0.237 e. The molecule has 1 N–H and O–H groups in total. The third kappa shape index (κ3) is 3.43. The van der Waals surface area contributed by atoms with Crippen molar-refractivity contribution in [3.05, 3.63) is 0 Å². The van der Waals surface area contributed by atoms with E-state index in [4.69, 9.17) is 9.47 Å². The second-order valence-electron chi connectivity index (χ2n) is 5.30. The SMILES string of the molecule is CC1COCC(C)N1C(=O)CNCC1CCCO1. The van der Waals surface area contributed by atoms with E-state index < -0.39 is 0 Å². The number of nitrogens with one attached hydrogen (secondary N) is 1. The van der Waals surface area contributed by atoms with Gasteiger partial charge < -0.3 is 19.7 Å². The van der Waals surface area contributed by atoms with Crippen LogP contribution in [-0.4, -0.2) is 61.9 Å². The second kappa shape index (κ2) is 6.50. The second-order valence-corrected chi connectivity index (χ2v) is 5.30. The van der Waals surface area contributed by atoms with Crippen LogP contribution in [0.1, 0.15) is 26.7 Å². The Morgan fingerprint density at radius 3 is 2.67 bits per heavy atom. The van der Waals surface area contributed by atoms with Gasteiger partial charge in [-0.2, -0.15) is 0 Å². The van der Waals surface area contributed by atoms with Gasteiger partial charge in [0, 0.05) is 13.2 Å². The third-order valence-electron chi connectivity index (χ3n) is 3.63. The normalized spacial score (nSPS) is 32.8. The van der Waals surface area contributed by atoms with Crippen LogP contribution in [0.15, 0.2) is 0 Å². The molecule has 18 heavy (non-hydrogen) atoms. The van der Waals surface area contributed by atoms with E-state index in [2.05, 4.69) is 5.32 Å². The fourth-order valence-electron chi connectivity index (χ4n) is 2.73. The van der Waals surface area contributed by atoms with Gasteiger partial charge in [-0.15, -0.1) is 0 Å². The molecule has 2 aliphatic heterocycles. The van der Waals surface area contributed by atoms with Crippen LogP contribution in [-0.2, 0) is 14.3 Å². The Hall–Kier alpha value is -0.650. The standard InChI is InChI=1S/C13H24N2O3/c1-10-8-17-9-11(2)15(10)13(16)7-14-6-12-4-3-5-18-12/h10-12,14H,3-9H2,1-2H3. The van der Waals surface area contributed by atoms with Crippen molar-refractivity contribution in [2.45, 2.75) is 44.9 Å². The fourth-order valence-corrected chi connectivity index (χ4v) is 2.73. The molecule has 0 radical (unpaired) electrons. The molecule has 2 rings (SSSR count). The number of nitrogens with zero attached hydrogens (tertiary/aromatic N) is 1. The summed E-state index contributed by atoms with van der Waals surface area (Å²) >= 11 is 0. The zero-order valence-electron chi connectivity index (χ0n) is 11.4. The monoisotopic (exact) mass is 256 g/mol. The molecule has 2 aliphatic rings. The van der Waals surface area contributed by atoms with Crippen LogP contribution in [0.2, 0.25) is 0 Å². The highest BCUT2D eigenvalue weighted by molar-refractivity contribution is 5.79. The van der Waals surface area contributed by atoms with Crippen molar-refractivity contribution in [3.63, 3.8) is 0 Å². The predicted octanol–water partition coefficient (Wildman–Crippen LogP) is 0.391. The first-order chi connectivity index (χ1) is 8.68. The largest absolute Gasteiger partial charge is 0.377 e. The molecule has 0 spiro atoms. The molecule has 0 aromatic heterocycles. The van der Waals surface area contributed by atoms with Crippen LogP contribution in [0.4, 0.5) is 0 Å². The molecule has 2 heterocycles. The van der Waals surface area contributed by atoms with Crippen molar-refractivity contribution < 1.29 is 14.3 Å². The minimum Gasteiger partial charge on any atom is -0.377 e. The maximum absolute atomic E-state index is 12.2. The highest BCUT2D eigenvalue weighted by Gasteiger charge is 2.29. The Labute approximate surface area is 109 Å². The quantitative estimate of drug-likeness (QED) is 0.790. The van der Waals surface area contributed by atoms with Gasteiger partial charge in [0.15, 0.2) is 0 Å². The number of hydrogen-bond donors (Lipinski definition) is 1. The molecule has 5 heteroatoms. The number of carbonyl (C=O) groups is 1. The third-order valence-corrected chi connectivity index (χ3v) is 3.63. The lowest BCUT2D eigenvalue weighted by atomic mass is 10.1. The lowest BCUT2D eigenvalue weighted by Crippen LogP contribution is -2.55. The topological polar surface area (TPSA) is 50.8 Å². The molecule has 3 unspecified atom stereocenters. The van der Waals surface area contributed by atoms with Gasteiger partial charge in [-0.25, -0.2) is 0 Å². The number of ether oxygens (including phenoxy) is 2. The molecule has 0 aromatic rings. The summed E-state index contributed by atoms with van der Waals surface area (Å²) in [5.41, 5.74) is 0. The molecule has 1 amide bonds. The van der Waals surface area contributed by atoms with Crippen molar-refractivity contribution in [1.29, 1.82) is 0 Å². The molecule has 2 fully saturated rings.